The molecular formula is C13H10Cl2O3S. The van der Waals surface area contributed by atoms with Gasteiger partial charge in [0.1, 0.15) is 4.34 Å². The third-order valence-corrected chi connectivity index (χ3v) is 3.87. The summed E-state index contributed by atoms with van der Waals surface area (Å²) in [6, 6.07) is 8.66. The molecule has 2 aromatic rings. The molecule has 19 heavy (non-hydrogen) atoms. The number of carbonyl (C=O) groups excluding carboxylic acids is 1. The lowest BCUT2D eigenvalue weighted by atomic mass is 10.2. The molecule has 0 aliphatic carbocycles. The number of rotatable bonds is 5. The zero-order valence-electron chi connectivity index (χ0n) is 9.98. The quantitative estimate of drug-likeness (QED) is 0.770. The van der Waals surface area contributed by atoms with Gasteiger partial charge in [0, 0.05) is 0 Å². The van der Waals surface area contributed by atoms with Gasteiger partial charge >= 0.3 is 0 Å². The van der Waals surface area contributed by atoms with E-state index >= 15 is 0 Å². The zero-order chi connectivity index (χ0) is 13.8. The van der Waals surface area contributed by atoms with Crippen LogP contribution in [0.1, 0.15) is 10.4 Å². The number of hydrogen-bond donors (Lipinski definition) is 0. The van der Waals surface area contributed by atoms with E-state index in [1.165, 1.54) is 0 Å². The highest BCUT2D eigenvalue weighted by Gasteiger charge is 2.15. The van der Waals surface area contributed by atoms with E-state index in [1.54, 1.807) is 31.4 Å². The summed E-state index contributed by atoms with van der Waals surface area (Å²) in [6.45, 7) is -0.118. The van der Waals surface area contributed by atoms with Gasteiger partial charge in [0.2, 0.25) is 5.78 Å². The van der Waals surface area contributed by atoms with Gasteiger partial charge < -0.3 is 9.47 Å². The lowest BCUT2D eigenvalue weighted by molar-refractivity contribution is 0.0920. The van der Waals surface area contributed by atoms with Gasteiger partial charge in [-0.15, -0.1) is 11.3 Å². The number of Topliss-reactive ketones (excluding diaryl/α,β-unsaturated/α-hetero) is 1. The van der Waals surface area contributed by atoms with E-state index in [-0.39, 0.29) is 12.4 Å². The van der Waals surface area contributed by atoms with Crippen LogP contribution in [-0.2, 0) is 0 Å². The molecule has 1 aromatic heterocycles. The molecule has 0 radical (unpaired) electrons. The van der Waals surface area contributed by atoms with E-state index in [1.807, 2.05) is 6.07 Å². The minimum atomic E-state index is -0.223. The van der Waals surface area contributed by atoms with Crippen LogP contribution >= 0.6 is 34.5 Å². The van der Waals surface area contributed by atoms with Crippen molar-refractivity contribution < 1.29 is 14.3 Å². The molecule has 0 saturated carbocycles. The maximum absolute atomic E-state index is 11.9. The summed E-state index contributed by atoms with van der Waals surface area (Å²) in [5, 5.41) is 0. The fourth-order valence-electron chi connectivity index (χ4n) is 1.49. The van der Waals surface area contributed by atoms with Crippen molar-refractivity contribution in [1.82, 2.24) is 0 Å². The Labute approximate surface area is 124 Å². The first-order valence-electron chi connectivity index (χ1n) is 5.35. The van der Waals surface area contributed by atoms with Gasteiger partial charge in [-0.25, -0.2) is 0 Å². The van der Waals surface area contributed by atoms with Gasteiger partial charge in [-0.05, 0) is 18.2 Å². The standard InChI is InChI=1S/C13H10Cl2O3S/c1-17-10-4-2-3-5-11(10)18-7-9(16)8-6-12(14)19-13(8)15/h2-6H,7H2,1H3. The summed E-state index contributed by atoms with van der Waals surface area (Å²) in [7, 11) is 1.54. The number of thiophene rings is 1. The Balaban J connectivity index is 2.06. The van der Waals surface area contributed by atoms with Crippen LogP contribution in [0.4, 0.5) is 0 Å². The molecule has 0 aliphatic rings. The van der Waals surface area contributed by atoms with Crippen molar-refractivity contribution in [1.29, 1.82) is 0 Å². The van der Waals surface area contributed by atoms with E-state index in [0.29, 0.717) is 25.7 Å². The maximum Gasteiger partial charge on any atom is 0.202 e. The van der Waals surface area contributed by atoms with Gasteiger partial charge in [0.15, 0.2) is 18.1 Å². The average molecular weight is 317 g/mol. The fraction of sp³-hybridized carbons (Fsp3) is 0.154. The number of halogens is 2. The van der Waals surface area contributed by atoms with E-state index < -0.39 is 0 Å². The van der Waals surface area contributed by atoms with Crippen molar-refractivity contribution in [3.8, 4) is 11.5 Å². The third kappa shape index (κ3) is 3.41. The topological polar surface area (TPSA) is 35.5 Å². The number of ketones is 1. The molecule has 100 valence electrons. The molecule has 0 amide bonds. The monoisotopic (exact) mass is 316 g/mol. The predicted octanol–water partition coefficient (Wildman–Crippen LogP) is 4.33. The van der Waals surface area contributed by atoms with Crippen LogP contribution in [0.3, 0.4) is 0 Å². The van der Waals surface area contributed by atoms with Crippen molar-refractivity contribution in [2.45, 2.75) is 0 Å². The first kappa shape index (κ1) is 14.2. The average Bonchev–Trinajstić information content (AvgIpc) is 2.75. The summed E-state index contributed by atoms with van der Waals surface area (Å²) < 4.78 is 11.4. The Morgan fingerprint density at radius 2 is 1.95 bits per heavy atom. The molecule has 6 heteroatoms. The van der Waals surface area contributed by atoms with Crippen molar-refractivity contribution in [3.63, 3.8) is 0 Å². The maximum atomic E-state index is 11.9. The SMILES string of the molecule is COc1ccccc1OCC(=O)c1cc(Cl)sc1Cl. The minimum Gasteiger partial charge on any atom is -0.493 e. The van der Waals surface area contributed by atoms with Gasteiger partial charge in [-0.1, -0.05) is 35.3 Å². The van der Waals surface area contributed by atoms with Crippen LogP contribution in [0.5, 0.6) is 11.5 Å². The Kier molecular flexibility index (Phi) is 4.69. The van der Waals surface area contributed by atoms with Crippen LogP contribution in [0.2, 0.25) is 8.67 Å². The smallest absolute Gasteiger partial charge is 0.202 e. The first-order chi connectivity index (χ1) is 9.11. The zero-order valence-corrected chi connectivity index (χ0v) is 12.3. The normalized spacial score (nSPS) is 10.3. The summed E-state index contributed by atoms with van der Waals surface area (Å²) in [5.41, 5.74) is 0.381. The Bertz CT molecular complexity index is 595. The van der Waals surface area contributed by atoms with Crippen LogP contribution in [-0.4, -0.2) is 19.5 Å². The van der Waals surface area contributed by atoms with Crippen LogP contribution in [0.15, 0.2) is 30.3 Å². The molecule has 2 rings (SSSR count). The molecular weight excluding hydrogens is 307 g/mol. The van der Waals surface area contributed by atoms with Gasteiger partial charge in [-0.3, -0.25) is 4.79 Å². The molecule has 0 atom stereocenters. The Morgan fingerprint density at radius 3 is 2.53 bits per heavy atom. The minimum absolute atomic E-state index is 0.118. The molecule has 0 bridgehead atoms. The second kappa shape index (κ2) is 6.28. The lowest BCUT2D eigenvalue weighted by Crippen LogP contribution is -2.11. The van der Waals surface area contributed by atoms with Gasteiger partial charge in [0.05, 0.1) is 17.0 Å². The molecule has 0 fully saturated rings. The molecule has 1 heterocycles. The number of methoxy groups -OCH3 is 1. The second-order valence-electron chi connectivity index (χ2n) is 3.60. The van der Waals surface area contributed by atoms with E-state index in [4.69, 9.17) is 32.7 Å². The largest absolute Gasteiger partial charge is 0.493 e. The summed E-state index contributed by atoms with van der Waals surface area (Å²) in [6.07, 6.45) is 0. The number of benzene rings is 1. The van der Waals surface area contributed by atoms with Crippen LogP contribution in [0.25, 0.3) is 0 Å². The highest BCUT2D eigenvalue weighted by molar-refractivity contribution is 7.20. The summed E-state index contributed by atoms with van der Waals surface area (Å²) >= 11 is 12.9. The van der Waals surface area contributed by atoms with Crippen molar-refractivity contribution in [2.75, 3.05) is 13.7 Å². The Hall–Kier alpha value is -1.23. The first-order valence-corrected chi connectivity index (χ1v) is 6.93. The summed E-state index contributed by atoms with van der Waals surface area (Å²) in [4.78, 5) is 11.9. The van der Waals surface area contributed by atoms with Crippen molar-refractivity contribution >= 4 is 40.3 Å². The number of hydrogen-bond acceptors (Lipinski definition) is 4. The number of para-hydroxylation sites is 2. The summed E-state index contributed by atoms with van der Waals surface area (Å²) in [5.74, 6) is 0.861. The third-order valence-electron chi connectivity index (χ3n) is 2.38. The van der Waals surface area contributed by atoms with Crippen LogP contribution < -0.4 is 9.47 Å². The molecule has 0 saturated heterocycles. The number of ether oxygens (including phenoxy) is 2. The van der Waals surface area contributed by atoms with Gasteiger partial charge in [-0.2, -0.15) is 0 Å². The van der Waals surface area contributed by atoms with E-state index in [2.05, 4.69) is 0 Å². The highest BCUT2D eigenvalue weighted by atomic mass is 35.5. The predicted molar refractivity (Wildman–Crippen MR) is 77.2 cm³/mol. The Morgan fingerprint density at radius 1 is 1.26 bits per heavy atom. The molecule has 0 aliphatic heterocycles. The molecule has 3 nitrogen and oxygen atoms in total. The molecule has 0 unspecified atom stereocenters. The van der Waals surface area contributed by atoms with Gasteiger partial charge in [0.25, 0.3) is 0 Å². The number of carbonyl (C=O) groups is 1. The van der Waals surface area contributed by atoms with Crippen molar-refractivity contribution in [3.05, 3.63) is 44.6 Å². The molecule has 1 aromatic carbocycles. The van der Waals surface area contributed by atoms with E-state index in [9.17, 15) is 4.79 Å². The van der Waals surface area contributed by atoms with E-state index in [0.717, 1.165) is 11.3 Å². The van der Waals surface area contributed by atoms with Crippen molar-refractivity contribution in [2.24, 2.45) is 0 Å². The fourth-order valence-corrected chi connectivity index (χ4v) is 2.99. The lowest BCUT2D eigenvalue weighted by Gasteiger charge is -2.09. The second-order valence-corrected chi connectivity index (χ2v) is 5.89. The highest BCUT2D eigenvalue weighted by Crippen LogP contribution is 2.32. The van der Waals surface area contributed by atoms with Crippen LogP contribution in [0, 0.1) is 0 Å². The molecule has 0 N–H and O–H groups in total. The molecule has 0 spiro atoms.